The van der Waals surface area contributed by atoms with Crippen molar-refractivity contribution in [1.29, 1.82) is 0 Å². The van der Waals surface area contributed by atoms with Crippen molar-refractivity contribution >= 4 is 34.6 Å². The van der Waals surface area contributed by atoms with E-state index in [9.17, 15) is 9.59 Å². The summed E-state index contributed by atoms with van der Waals surface area (Å²) in [5.74, 6) is -0.830. The maximum Gasteiger partial charge on any atom is 0.351 e. The standard InChI is InChI=1S/C16H20N2O3S2/c1-9-12(23-14(17-9)11-6-7-22-8-11)15(20)21-10(2)13(19)18-16(3,4)5/h6-8,10H,1-5H3,(H,18,19). The highest BCUT2D eigenvalue weighted by atomic mass is 32.1. The van der Waals surface area contributed by atoms with Gasteiger partial charge in [0, 0.05) is 16.5 Å². The van der Waals surface area contributed by atoms with Crippen LogP contribution in [0.2, 0.25) is 0 Å². The number of hydrogen-bond donors (Lipinski definition) is 1. The molecule has 1 unspecified atom stereocenters. The molecule has 1 N–H and O–H groups in total. The van der Waals surface area contributed by atoms with E-state index in [1.54, 1.807) is 25.2 Å². The maximum absolute atomic E-state index is 12.3. The quantitative estimate of drug-likeness (QED) is 0.853. The number of amides is 1. The minimum atomic E-state index is -0.854. The molecule has 0 fully saturated rings. The van der Waals surface area contributed by atoms with Gasteiger partial charge in [-0.1, -0.05) is 0 Å². The van der Waals surface area contributed by atoms with E-state index >= 15 is 0 Å². The molecule has 0 saturated carbocycles. The fraction of sp³-hybridized carbons (Fsp3) is 0.438. The number of thiophene rings is 1. The molecule has 124 valence electrons. The van der Waals surface area contributed by atoms with E-state index in [1.165, 1.54) is 11.3 Å². The minimum Gasteiger partial charge on any atom is -0.448 e. The Bertz CT molecular complexity index is 699. The third kappa shape index (κ3) is 4.62. The van der Waals surface area contributed by atoms with E-state index in [4.69, 9.17) is 4.74 Å². The summed E-state index contributed by atoms with van der Waals surface area (Å²) in [5.41, 5.74) is 1.23. The van der Waals surface area contributed by atoms with E-state index < -0.39 is 12.1 Å². The fourth-order valence-electron chi connectivity index (χ4n) is 1.83. The maximum atomic E-state index is 12.3. The highest BCUT2D eigenvalue weighted by Crippen LogP contribution is 2.30. The molecule has 5 nitrogen and oxygen atoms in total. The second kappa shape index (κ2) is 6.80. The molecule has 0 aliphatic heterocycles. The molecule has 0 aromatic carbocycles. The van der Waals surface area contributed by atoms with Crippen molar-refractivity contribution in [3.63, 3.8) is 0 Å². The first kappa shape index (κ1) is 17.6. The van der Waals surface area contributed by atoms with Crippen molar-refractivity contribution in [3.8, 4) is 10.6 Å². The van der Waals surface area contributed by atoms with Crippen LogP contribution >= 0.6 is 22.7 Å². The van der Waals surface area contributed by atoms with Gasteiger partial charge in [0.2, 0.25) is 0 Å². The molecule has 2 aromatic heterocycles. The molecule has 0 saturated heterocycles. The van der Waals surface area contributed by atoms with Gasteiger partial charge in [0.25, 0.3) is 5.91 Å². The summed E-state index contributed by atoms with van der Waals surface area (Å²) >= 11 is 2.86. The lowest BCUT2D eigenvalue weighted by Crippen LogP contribution is -2.46. The second-order valence-electron chi connectivity index (χ2n) is 6.23. The number of nitrogens with zero attached hydrogens (tertiary/aromatic N) is 1. The molecular formula is C16H20N2O3S2. The van der Waals surface area contributed by atoms with Gasteiger partial charge in [-0.15, -0.1) is 11.3 Å². The number of thiazole rings is 1. The first-order valence-corrected chi connectivity index (χ1v) is 8.96. The molecule has 0 aliphatic rings. The third-order valence-corrected chi connectivity index (χ3v) is 4.77. The lowest BCUT2D eigenvalue weighted by molar-refractivity contribution is -0.130. The van der Waals surface area contributed by atoms with Crippen LogP contribution in [0, 0.1) is 6.92 Å². The number of aromatic nitrogens is 1. The Balaban J connectivity index is 2.08. The number of rotatable bonds is 4. The van der Waals surface area contributed by atoms with Gasteiger partial charge in [-0.05, 0) is 46.1 Å². The summed E-state index contributed by atoms with van der Waals surface area (Å²) in [6.07, 6.45) is -0.854. The Morgan fingerprint density at radius 1 is 1.35 bits per heavy atom. The Kier molecular flexibility index (Phi) is 5.21. The normalized spacial score (nSPS) is 12.7. The predicted octanol–water partition coefficient (Wildman–Crippen LogP) is 3.64. The van der Waals surface area contributed by atoms with E-state index in [1.807, 2.05) is 37.6 Å². The molecule has 0 spiro atoms. The van der Waals surface area contributed by atoms with Crippen LogP contribution in [0.3, 0.4) is 0 Å². The predicted molar refractivity (Wildman–Crippen MR) is 92.9 cm³/mol. The van der Waals surface area contributed by atoms with Crippen LogP contribution in [-0.2, 0) is 9.53 Å². The smallest absolute Gasteiger partial charge is 0.351 e. The lowest BCUT2D eigenvalue weighted by atomic mass is 10.1. The van der Waals surface area contributed by atoms with Gasteiger partial charge in [0.1, 0.15) is 9.88 Å². The van der Waals surface area contributed by atoms with Gasteiger partial charge in [0.05, 0.1) is 5.69 Å². The van der Waals surface area contributed by atoms with Gasteiger partial charge in [-0.25, -0.2) is 9.78 Å². The van der Waals surface area contributed by atoms with Crippen LogP contribution in [-0.4, -0.2) is 28.5 Å². The van der Waals surface area contributed by atoms with Crippen LogP contribution in [0.1, 0.15) is 43.1 Å². The summed E-state index contributed by atoms with van der Waals surface area (Å²) in [6, 6.07) is 1.96. The summed E-state index contributed by atoms with van der Waals surface area (Å²) in [7, 11) is 0. The Hall–Kier alpha value is -1.73. The lowest BCUT2D eigenvalue weighted by Gasteiger charge is -2.23. The van der Waals surface area contributed by atoms with Crippen molar-refractivity contribution in [3.05, 3.63) is 27.4 Å². The second-order valence-corrected chi connectivity index (χ2v) is 8.01. The minimum absolute atomic E-state index is 0.314. The molecule has 0 bridgehead atoms. The van der Waals surface area contributed by atoms with Crippen LogP contribution in [0.25, 0.3) is 10.6 Å². The molecule has 2 rings (SSSR count). The zero-order chi connectivity index (χ0) is 17.2. The number of aryl methyl sites for hydroxylation is 1. The first-order valence-electron chi connectivity index (χ1n) is 7.20. The third-order valence-electron chi connectivity index (χ3n) is 2.90. The Labute approximate surface area is 143 Å². The van der Waals surface area contributed by atoms with Crippen LogP contribution in [0.5, 0.6) is 0 Å². The van der Waals surface area contributed by atoms with Gasteiger partial charge in [-0.3, -0.25) is 4.79 Å². The van der Waals surface area contributed by atoms with Crippen molar-refractivity contribution in [2.45, 2.75) is 46.3 Å². The summed E-state index contributed by atoms with van der Waals surface area (Å²) in [4.78, 5) is 29.1. The van der Waals surface area contributed by atoms with E-state index in [0.717, 1.165) is 10.6 Å². The molecule has 1 atom stereocenters. The molecule has 7 heteroatoms. The molecule has 2 aromatic rings. The first-order chi connectivity index (χ1) is 10.7. The number of ether oxygens (including phenoxy) is 1. The topological polar surface area (TPSA) is 68.3 Å². The Morgan fingerprint density at radius 2 is 2.04 bits per heavy atom. The number of carbonyl (C=O) groups excluding carboxylic acids is 2. The zero-order valence-electron chi connectivity index (χ0n) is 13.8. The monoisotopic (exact) mass is 352 g/mol. The van der Waals surface area contributed by atoms with Gasteiger partial charge in [-0.2, -0.15) is 11.3 Å². The Morgan fingerprint density at radius 3 is 2.61 bits per heavy atom. The number of hydrogen-bond acceptors (Lipinski definition) is 6. The van der Waals surface area contributed by atoms with Crippen LogP contribution in [0.4, 0.5) is 0 Å². The SMILES string of the molecule is Cc1nc(-c2ccsc2)sc1C(=O)OC(C)C(=O)NC(C)(C)C. The number of esters is 1. The van der Waals surface area contributed by atoms with E-state index in [0.29, 0.717) is 10.6 Å². The van der Waals surface area contributed by atoms with Crippen molar-refractivity contribution in [2.24, 2.45) is 0 Å². The van der Waals surface area contributed by atoms with Gasteiger partial charge in [0.15, 0.2) is 6.10 Å². The van der Waals surface area contributed by atoms with Crippen molar-refractivity contribution < 1.29 is 14.3 Å². The number of carbonyl (C=O) groups is 2. The zero-order valence-corrected chi connectivity index (χ0v) is 15.4. The molecule has 23 heavy (non-hydrogen) atoms. The average Bonchev–Trinajstić information content (AvgIpc) is 3.05. The average molecular weight is 352 g/mol. The molecule has 1 amide bonds. The summed E-state index contributed by atoms with van der Waals surface area (Å²) in [5, 5.41) is 7.51. The molecule has 0 aliphatic carbocycles. The van der Waals surface area contributed by atoms with Crippen molar-refractivity contribution in [1.82, 2.24) is 10.3 Å². The molecule has 2 heterocycles. The fourth-order valence-corrected chi connectivity index (χ4v) is 3.49. The van der Waals surface area contributed by atoms with Crippen LogP contribution in [0.15, 0.2) is 16.8 Å². The van der Waals surface area contributed by atoms with Crippen molar-refractivity contribution in [2.75, 3.05) is 0 Å². The highest BCUT2D eigenvalue weighted by molar-refractivity contribution is 7.17. The molecular weight excluding hydrogens is 332 g/mol. The largest absolute Gasteiger partial charge is 0.448 e. The summed E-state index contributed by atoms with van der Waals surface area (Å²) < 4.78 is 5.28. The number of nitrogens with one attached hydrogen (secondary N) is 1. The van der Waals surface area contributed by atoms with E-state index in [-0.39, 0.29) is 11.4 Å². The van der Waals surface area contributed by atoms with E-state index in [2.05, 4.69) is 10.3 Å². The van der Waals surface area contributed by atoms with Gasteiger partial charge >= 0.3 is 5.97 Å². The summed E-state index contributed by atoms with van der Waals surface area (Å²) in [6.45, 7) is 8.96. The molecule has 0 radical (unpaired) electrons. The van der Waals surface area contributed by atoms with Gasteiger partial charge < -0.3 is 10.1 Å². The van der Waals surface area contributed by atoms with Crippen LogP contribution < -0.4 is 5.32 Å². The highest BCUT2D eigenvalue weighted by Gasteiger charge is 2.25.